The molecule has 0 aliphatic heterocycles. The Labute approximate surface area is 115 Å². The molecule has 2 aromatic rings. The highest BCUT2D eigenvalue weighted by molar-refractivity contribution is 7.89. The third-order valence-corrected chi connectivity index (χ3v) is 4.13. The molecule has 0 amide bonds. The maximum atomic E-state index is 12.0. The topological polar surface area (TPSA) is 98.2 Å². The van der Waals surface area contributed by atoms with Crippen molar-refractivity contribution < 1.29 is 12.9 Å². The second kappa shape index (κ2) is 5.20. The number of sulfonamides is 1. The predicted octanol–water partition coefficient (Wildman–Crippen LogP) is 1.70. The number of rotatable bonds is 4. The molecule has 0 atom stereocenters. The van der Waals surface area contributed by atoms with Crippen LogP contribution in [0.25, 0.3) is 0 Å². The predicted molar refractivity (Wildman–Crippen MR) is 71.1 cm³/mol. The minimum atomic E-state index is -3.66. The van der Waals surface area contributed by atoms with Crippen molar-refractivity contribution in [3.63, 3.8) is 0 Å². The summed E-state index contributed by atoms with van der Waals surface area (Å²) in [5.41, 5.74) is 6.36. The van der Waals surface area contributed by atoms with Gasteiger partial charge in [0.1, 0.15) is 5.76 Å². The van der Waals surface area contributed by atoms with Crippen molar-refractivity contribution in [1.82, 2.24) is 9.88 Å². The van der Waals surface area contributed by atoms with Crippen LogP contribution in [0.3, 0.4) is 0 Å². The second-order valence-electron chi connectivity index (χ2n) is 3.94. The van der Waals surface area contributed by atoms with Gasteiger partial charge in [-0.1, -0.05) is 16.8 Å². The first-order chi connectivity index (χ1) is 8.88. The molecule has 1 heterocycles. The molecule has 0 spiro atoms. The minimum absolute atomic E-state index is 0.0433. The number of aromatic nitrogens is 1. The maximum Gasteiger partial charge on any atom is 0.240 e. The fourth-order valence-electron chi connectivity index (χ4n) is 1.43. The summed E-state index contributed by atoms with van der Waals surface area (Å²) in [4.78, 5) is 0.0481. The summed E-state index contributed by atoms with van der Waals surface area (Å²) in [5, 5.41) is 3.89. The number of benzene rings is 1. The molecule has 0 fully saturated rings. The quantitative estimate of drug-likeness (QED) is 0.837. The van der Waals surface area contributed by atoms with Crippen molar-refractivity contribution in [2.75, 3.05) is 5.73 Å². The van der Waals surface area contributed by atoms with Gasteiger partial charge in [0.25, 0.3) is 0 Å². The van der Waals surface area contributed by atoms with E-state index in [4.69, 9.17) is 21.9 Å². The largest absolute Gasteiger partial charge is 0.398 e. The van der Waals surface area contributed by atoms with Crippen LogP contribution in [0.5, 0.6) is 0 Å². The molecular weight excluding hydrogens is 290 g/mol. The van der Waals surface area contributed by atoms with E-state index >= 15 is 0 Å². The van der Waals surface area contributed by atoms with E-state index in [-0.39, 0.29) is 16.5 Å². The zero-order valence-electron chi connectivity index (χ0n) is 10.1. The van der Waals surface area contributed by atoms with Crippen molar-refractivity contribution in [2.24, 2.45) is 0 Å². The number of aryl methyl sites for hydroxylation is 1. The fraction of sp³-hybridized carbons (Fsp3) is 0.182. The first-order valence-corrected chi connectivity index (χ1v) is 7.21. The number of nitrogens with one attached hydrogen (secondary N) is 1. The van der Waals surface area contributed by atoms with E-state index in [0.717, 1.165) is 0 Å². The highest BCUT2D eigenvalue weighted by Crippen LogP contribution is 2.22. The van der Waals surface area contributed by atoms with Gasteiger partial charge in [0.2, 0.25) is 10.0 Å². The Bertz CT molecular complexity index is 697. The second-order valence-corrected chi connectivity index (χ2v) is 6.11. The summed E-state index contributed by atoms with van der Waals surface area (Å²) >= 11 is 5.80. The van der Waals surface area contributed by atoms with E-state index in [1.54, 1.807) is 13.0 Å². The molecule has 0 radical (unpaired) electrons. The van der Waals surface area contributed by atoms with E-state index in [9.17, 15) is 8.42 Å². The molecule has 0 unspecified atom stereocenters. The number of hydrogen-bond donors (Lipinski definition) is 2. The van der Waals surface area contributed by atoms with Gasteiger partial charge in [0.05, 0.1) is 27.8 Å². The number of nitrogens with two attached hydrogens (primary N) is 1. The van der Waals surface area contributed by atoms with E-state index in [0.29, 0.717) is 17.1 Å². The highest BCUT2D eigenvalue weighted by Gasteiger charge is 2.15. The van der Waals surface area contributed by atoms with Crippen molar-refractivity contribution in [1.29, 1.82) is 0 Å². The smallest absolute Gasteiger partial charge is 0.240 e. The molecule has 1 aromatic heterocycles. The van der Waals surface area contributed by atoms with Crippen LogP contribution in [0.15, 0.2) is 33.7 Å². The normalized spacial score (nSPS) is 11.7. The molecular formula is C11H12ClN3O3S. The standard InChI is InChI=1S/C11H12ClN3O3S/c1-7-4-8(15-18-7)6-14-19(16,17)9-2-3-11(13)10(12)5-9/h2-5,14H,6,13H2,1H3. The lowest BCUT2D eigenvalue weighted by molar-refractivity contribution is 0.390. The third kappa shape index (κ3) is 3.25. The van der Waals surface area contributed by atoms with Crippen LogP contribution in [0, 0.1) is 6.92 Å². The van der Waals surface area contributed by atoms with Crippen molar-refractivity contribution in [3.8, 4) is 0 Å². The van der Waals surface area contributed by atoms with E-state index in [2.05, 4.69) is 9.88 Å². The zero-order chi connectivity index (χ0) is 14.0. The van der Waals surface area contributed by atoms with Crippen LogP contribution < -0.4 is 10.5 Å². The van der Waals surface area contributed by atoms with Gasteiger partial charge in [0, 0.05) is 6.07 Å². The maximum absolute atomic E-state index is 12.0. The van der Waals surface area contributed by atoms with Crippen molar-refractivity contribution >= 4 is 27.3 Å². The number of nitrogens with zero attached hydrogens (tertiary/aromatic N) is 1. The Morgan fingerprint density at radius 2 is 2.16 bits per heavy atom. The molecule has 8 heteroatoms. The Morgan fingerprint density at radius 3 is 2.74 bits per heavy atom. The van der Waals surface area contributed by atoms with Crippen molar-refractivity contribution in [3.05, 3.63) is 40.7 Å². The lowest BCUT2D eigenvalue weighted by atomic mass is 10.3. The number of nitrogen functional groups attached to an aromatic ring is 1. The monoisotopic (exact) mass is 301 g/mol. The van der Waals surface area contributed by atoms with Gasteiger partial charge in [-0.15, -0.1) is 0 Å². The molecule has 0 saturated carbocycles. The summed E-state index contributed by atoms with van der Waals surface area (Å²) in [7, 11) is -3.66. The van der Waals surface area contributed by atoms with Gasteiger partial charge in [-0.05, 0) is 25.1 Å². The zero-order valence-corrected chi connectivity index (χ0v) is 11.6. The molecule has 0 saturated heterocycles. The van der Waals surface area contributed by atoms with Gasteiger partial charge in [-0.3, -0.25) is 0 Å². The van der Waals surface area contributed by atoms with Crippen LogP contribution in [-0.4, -0.2) is 13.6 Å². The minimum Gasteiger partial charge on any atom is -0.398 e. The Kier molecular flexibility index (Phi) is 3.79. The molecule has 102 valence electrons. The van der Waals surface area contributed by atoms with E-state index in [1.807, 2.05) is 0 Å². The number of halogens is 1. The van der Waals surface area contributed by atoms with Gasteiger partial charge in [-0.25, -0.2) is 13.1 Å². The summed E-state index contributed by atoms with van der Waals surface area (Å²) in [6, 6.07) is 5.78. The average Bonchev–Trinajstić information content (AvgIpc) is 2.76. The number of anilines is 1. The van der Waals surface area contributed by atoms with E-state index < -0.39 is 10.0 Å². The van der Waals surface area contributed by atoms with Crippen molar-refractivity contribution in [2.45, 2.75) is 18.4 Å². The Morgan fingerprint density at radius 1 is 1.42 bits per heavy atom. The first kappa shape index (κ1) is 13.9. The van der Waals surface area contributed by atoms with Crippen LogP contribution in [0.4, 0.5) is 5.69 Å². The van der Waals surface area contributed by atoms with Gasteiger partial charge < -0.3 is 10.3 Å². The van der Waals surface area contributed by atoms with Crippen LogP contribution in [0.2, 0.25) is 5.02 Å². The molecule has 3 N–H and O–H groups in total. The molecule has 0 bridgehead atoms. The molecule has 2 rings (SSSR count). The lowest BCUT2D eigenvalue weighted by Crippen LogP contribution is -2.23. The summed E-state index contributed by atoms with van der Waals surface area (Å²) in [6.07, 6.45) is 0. The lowest BCUT2D eigenvalue weighted by Gasteiger charge is -2.06. The molecule has 1 aromatic carbocycles. The molecule has 19 heavy (non-hydrogen) atoms. The fourth-order valence-corrected chi connectivity index (χ4v) is 2.70. The average molecular weight is 302 g/mol. The van der Waals surface area contributed by atoms with Gasteiger partial charge >= 0.3 is 0 Å². The summed E-state index contributed by atoms with van der Waals surface area (Å²) in [5.74, 6) is 0.615. The summed E-state index contributed by atoms with van der Waals surface area (Å²) < 4.78 is 31.3. The number of hydrogen-bond acceptors (Lipinski definition) is 5. The first-order valence-electron chi connectivity index (χ1n) is 5.35. The van der Waals surface area contributed by atoms with Crippen LogP contribution in [0.1, 0.15) is 11.5 Å². The van der Waals surface area contributed by atoms with Gasteiger partial charge in [-0.2, -0.15) is 0 Å². The Balaban J connectivity index is 2.16. The molecule has 6 nitrogen and oxygen atoms in total. The Hall–Kier alpha value is -1.57. The molecule has 0 aliphatic carbocycles. The van der Waals surface area contributed by atoms with Gasteiger partial charge in [0.15, 0.2) is 0 Å². The van der Waals surface area contributed by atoms with E-state index in [1.165, 1.54) is 18.2 Å². The van der Waals surface area contributed by atoms with Crippen LogP contribution >= 0.6 is 11.6 Å². The SMILES string of the molecule is Cc1cc(CNS(=O)(=O)c2ccc(N)c(Cl)c2)no1. The summed E-state index contributed by atoms with van der Waals surface area (Å²) in [6.45, 7) is 1.77. The molecule has 0 aliphatic rings. The third-order valence-electron chi connectivity index (χ3n) is 2.40. The highest BCUT2D eigenvalue weighted by atomic mass is 35.5. The van der Waals surface area contributed by atoms with Crippen LogP contribution in [-0.2, 0) is 16.6 Å².